The molecule has 0 aliphatic carbocycles. The van der Waals surface area contributed by atoms with E-state index in [0.29, 0.717) is 18.3 Å². The highest BCUT2D eigenvalue weighted by atomic mass is 16.4. The van der Waals surface area contributed by atoms with E-state index in [4.69, 9.17) is 8.83 Å². The number of nitrogens with zero attached hydrogens (tertiary/aromatic N) is 2. The van der Waals surface area contributed by atoms with Crippen LogP contribution in [0.2, 0.25) is 0 Å². The molecule has 2 aromatic heterocycles. The average molecular weight is 249 g/mol. The van der Waals surface area contributed by atoms with Crippen LogP contribution in [0.1, 0.15) is 38.2 Å². The van der Waals surface area contributed by atoms with Crippen molar-refractivity contribution in [2.45, 2.75) is 46.7 Å². The zero-order valence-corrected chi connectivity index (χ0v) is 11.5. The molecule has 0 atom stereocenters. The Kier molecular flexibility index (Phi) is 3.26. The van der Waals surface area contributed by atoms with Crippen LogP contribution in [0.5, 0.6) is 0 Å². The minimum atomic E-state index is 0.0246. The lowest BCUT2D eigenvalue weighted by Gasteiger charge is -2.18. The van der Waals surface area contributed by atoms with Gasteiger partial charge in [-0.05, 0) is 40.7 Å². The molecule has 2 rings (SSSR count). The highest BCUT2D eigenvalue weighted by Gasteiger charge is 2.16. The summed E-state index contributed by atoms with van der Waals surface area (Å²) >= 11 is 0. The minimum absolute atomic E-state index is 0.0246. The predicted molar refractivity (Wildman–Crippen MR) is 68.1 cm³/mol. The van der Waals surface area contributed by atoms with E-state index >= 15 is 0 Å². The van der Waals surface area contributed by atoms with E-state index in [0.717, 1.165) is 17.1 Å². The van der Waals surface area contributed by atoms with E-state index in [1.807, 2.05) is 19.9 Å². The van der Waals surface area contributed by atoms with Gasteiger partial charge in [0.15, 0.2) is 0 Å². The molecule has 0 aliphatic heterocycles. The molecule has 5 heteroatoms. The Morgan fingerprint density at radius 1 is 1.17 bits per heavy atom. The van der Waals surface area contributed by atoms with Crippen LogP contribution in [-0.2, 0) is 6.54 Å². The summed E-state index contributed by atoms with van der Waals surface area (Å²) in [4.78, 5) is 0. The van der Waals surface area contributed by atoms with Gasteiger partial charge in [-0.15, -0.1) is 10.2 Å². The monoisotopic (exact) mass is 249 g/mol. The summed E-state index contributed by atoms with van der Waals surface area (Å²) in [6.45, 7) is 10.6. The molecular formula is C13H19N3O2. The molecule has 2 heterocycles. The maximum atomic E-state index is 5.61. The van der Waals surface area contributed by atoms with Gasteiger partial charge in [0.2, 0.25) is 5.89 Å². The van der Waals surface area contributed by atoms with Crippen LogP contribution in [0.4, 0.5) is 0 Å². The van der Waals surface area contributed by atoms with Gasteiger partial charge in [0.1, 0.15) is 11.5 Å². The lowest BCUT2D eigenvalue weighted by molar-refractivity contribution is 0.383. The third kappa shape index (κ3) is 2.98. The Labute approximate surface area is 107 Å². The van der Waals surface area contributed by atoms with Crippen LogP contribution in [0, 0.1) is 13.8 Å². The molecule has 0 fully saturated rings. The van der Waals surface area contributed by atoms with Gasteiger partial charge in [0, 0.05) is 5.54 Å². The van der Waals surface area contributed by atoms with Crippen LogP contribution in [-0.4, -0.2) is 15.7 Å². The van der Waals surface area contributed by atoms with Gasteiger partial charge in [0.05, 0.1) is 12.1 Å². The van der Waals surface area contributed by atoms with Crippen molar-refractivity contribution in [2.24, 2.45) is 0 Å². The molecule has 1 N–H and O–H groups in total. The third-order valence-electron chi connectivity index (χ3n) is 2.51. The molecular weight excluding hydrogens is 230 g/mol. The molecule has 0 radical (unpaired) electrons. The minimum Gasteiger partial charge on any atom is -0.466 e. The van der Waals surface area contributed by atoms with Crippen molar-refractivity contribution < 1.29 is 8.83 Å². The second-order valence-corrected chi connectivity index (χ2v) is 5.43. The molecule has 0 unspecified atom stereocenters. The first-order valence-electron chi connectivity index (χ1n) is 6.00. The summed E-state index contributed by atoms with van der Waals surface area (Å²) in [6, 6.07) is 1.91. The van der Waals surface area contributed by atoms with Gasteiger partial charge >= 0.3 is 0 Å². The number of aromatic nitrogens is 2. The van der Waals surface area contributed by atoms with Crippen LogP contribution < -0.4 is 5.32 Å². The Bertz CT molecular complexity index is 535. The van der Waals surface area contributed by atoms with E-state index in [1.165, 1.54) is 0 Å². The first kappa shape index (κ1) is 12.8. The maximum absolute atomic E-state index is 5.61. The van der Waals surface area contributed by atoms with Crippen molar-refractivity contribution in [3.8, 4) is 11.5 Å². The first-order valence-corrected chi connectivity index (χ1v) is 6.00. The van der Waals surface area contributed by atoms with Crippen molar-refractivity contribution in [1.29, 1.82) is 0 Å². The number of hydrogen-bond acceptors (Lipinski definition) is 5. The summed E-state index contributed by atoms with van der Waals surface area (Å²) in [6.07, 6.45) is 0. The molecule has 0 saturated carbocycles. The van der Waals surface area contributed by atoms with E-state index in [1.54, 1.807) is 0 Å². The van der Waals surface area contributed by atoms with Crippen molar-refractivity contribution >= 4 is 0 Å². The van der Waals surface area contributed by atoms with E-state index in [-0.39, 0.29) is 5.54 Å². The standard InChI is InChI=1S/C13H19N3O2/c1-8-6-10(9(2)17-8)12-16-15-11(18-12)7-14-13(3,4)5/h6,14H,7H2,1-5H3. The van der Waals surface area contributed by atoms with Crippen molar-refractivity contribution in [3.63, 3.8) is 0 Å². The number of rotatable bonds is 3. The second kappa shape index (κ2) is 4.57. The van der Waals surface area contributed by atoms with Crippen molar-refractivity contribution in [2.75, 3.05) is 0 Å². The van der Waals surface area contributed by atoms with Gasteiger partial charge in [0.25, 0.3) is 5.89 Å². The summed E-state index contributed by atoms with van der Waals surface area (Å²) in [5.74, 6) is 2.73. The molecule has 5 nitrogen and oxygen atoms in total. The van der Waals surface area contributed by atoms with Crippen molar-refractivity contribution in [1.82, 2.24) is 15.5 Å². The fourth-order valence-corrected chi connectivity index (χ4v) is 1.62. The average Bonchev–Trinajstić information content (AvgIpc) is 2.81. The number of nitrogens with one attached hydrogen (secondary N) is 1. The van der Waals surface area contributed by atoms with Crippen LogP contribution in [0.25, 0.3) is 11.5 Å². The largest absolute Gasteiger partial charge is 0.466 e. The van der Waals surface area contributed by atoms with E-state index in [9.17, 15) is 0 Å². The highest BCUT2D eigenvalue weighted by Crippen LogP contribution is 2.25. The Balaban J connectivity index is 2.13. The summed E-state index contributed by atoms with van der Waals surface area (Å²) in [7, 11) is 0. The molecule has 0 amide bonds. The zero-order chi connectivity index (χ0) is 13.3. The molecule has 0 bridgehead atoms. The fraction of sp³-hybridized carbons (Fsp3) is 0.538. The molecule has 98 valence electrons. The van der Waals surface area contributed by atoms with Gasteiger partial charge in [-0.2, -0.15) is 0 Å². The van der Waals surface area contributed by atoms with Crippen LogP contribution in [0.3, 0.4) is 0 Å². The third-order valence-corrected chi connectivity index (χ3v) is 2.51. The highest BCUT2D eigenvalue weighted by molar-refractivity contribution is 5.55. The van der Waals surface area contributed by atoms with Crippen LogP contribution >= 0.6 is 0 Å². The molecule has 0 spiro atoms. The second-order valence-electron chi connectivity index (χ2n) is 5.43. The topological polar surface area (TPSA) is 64.1 Å². The smallest absolute Gasteiger partial charge is 0.251 e. The lowest BCUT2D eigenvalue weighted by atomic mass is 10.1. The zero-order valence-electron chi connectivity index (χ0n) is 11.5. The molecule has 2 aromatic rings. The maximum Gasteiger partial charge on any atom is 0.251 e. The molecule has 0 aromatic carbocycles. The number of hydrogen-bond donors (Lipinski definition) is 1. The van der Waals surface area contributed by atoms with Gasteiger partial charge in [-0.1, -0.05) is 0 Å². The molecule has 0 saturated heterocycles. The fourth-order valence-electron chi connectivity index (χ4n) is 1.62. The quantitative estimate of drug-likeness (QED) is 0.906. The number of furan rings is 1. The Morgan fingerprint density at radius 2 is 1.89 bits per heavy atom. The summed E-state index contributed by atoms with van der Waals surface area (Å²) in [5.41, 5.74) is 0.888. The number of aryl methyl sites for hydroxylation is 2. The first-order chi connectivity index (χ1) is 8.35. The SMILES string of the molecule is Cc1cc(-c2nnc(CNC(C)(C)C)o2)c(C)o1. The summed E-state index contributed by atoms with van der Waals surface area (Å²) < 4.78 is 11.1. The Hall–Kier alpha value is -1.62. The summed E-state index contributed by atoms with van der Waals surface area (Å²) in [5, 5.41) is 11.4. The van der Waals surface area contributed by atoms with Crippen molar-refractivity contribution in [3.05, 3.63) is 23.5 Å². The lowest BCUT2D eigenvalue weighted by Crippen LogP contribution is -2.35. The molecule has 18 heavy (non-hydrogen) atoms. The van der Waals surface area contributed by atoms with Gasteiger partial charge < -0.3 is 14.2 Å². The van der Waals surface area contributed by atoms with E-state index in [2.05, 4.69) is 36.3 Å². The van der Waals surface area contributed by atoms with Gasteiger partial charge in [-0.25, -0.2) is 0 Å². The van der Waals surface area contributed by atoms with E-state index < -0.39 is 0 Å². The predicted octanol–water partition coefficient (Wildman–Crippen LogP) is 2.83. The van der Waals surface area contributed by atoms with Gasteiger partial charge in [-0.3, -0.25) is 0 Å². The molecule has 0 aliphatic rings. The normalized spacial score (nSPS) is 12.1. The Morgan fingerprint density at radius 3 is 2.44 bits per heavy atom. The van der Waals surface area contributed by atoms with Crippen LogP contribution in [0.15, 0.2) is 14.9 Å².